The number of sulfonamides is 2. The molecule has 0 bridgehead atoms. The minimum absolute atomic E-state index is 0.00692. The molecule has 2 aromatic carbocycles. The van der Waals surface area contributed by atoms with Gasteiger partial charge in [-0.2, -0.15) is 0 Å². The number of hydrogen-bond donors (Lipinski definition) is 3. The van der Waals surface area contributed by atoms with Crippen molar-refractivity contribution in [3.05, 3.63) is 76.2 Å². The first-order valence-corrected chi connectivity index (χ1v) is 14.6. The fourth-order valence-corrected chi connectivity index (χ4v) is 6.78. The normalized spacial score (nSPS) is 11.7. The number of rotatable bonds is 8. The van der Waals surface area contributed by atoms with Crippen LogP contribution in [0.4, 0.5) is 16.0 Å². The second kappa shape index (κ2) is 9.73. The van der Waals surface area contributed by atoms with Crippen LogP contribution in [0.25, 0.3) is 0 Å². The second-order valence-electron chi connectivity index (χ2n) is 7.27. The third kappa shape index (κ3) is 5.85. The fourth-order valence-electron chi connectivity index (χ4n) is 2.90. The van der Waals surface area contributed by atoms with Crippen LogP contribution >= 0.6 is 22.7 Å². The molecule has 0 atom stereocenters. The van der Waals surface area contributed by atoms with Gasteiger partial charge >= 0.3 is 0 Å². The Balaban J connectivity index is 1.45. The van der Waals surface area contributed by atoms with Gasteiger partial charge in [0.2, 0.25) is 0 Å². The first-order chi connectivity index (χ1) is 16.5. The minimum atomic E-state index is -3.86. The maximum Gasteiger partial charge on any atom is 0.267 e. The standard InChI is InChI=1S/C21H19N5O5S4/c1-13-3-7-16(8-4-13)35(30,31)26-21-23-14(2)18(33-21)19(27)24-15-5-9-17(10-6-15)34(28,29)25-20-22-11-12-32-20/h3-12H,1-2H3,(H,22,25)(H,23,26)(H,24,27). The van der Waals surface area contributed by atoms with Crippen molar-refractivity contribution < 1.29 is 21.6 Å². The van der Waals surface area contributed by atoms with Crippen LogP contribution in [0.1, 0.15) is 20.9 Å². The van der Waals surface area contributed by atoms with E-state index in [0.29, 0.717) is 11.4 Å². The molecule has 0 spiro atoms. The lowest BCUT2D eigenvalue weighted by atomic mass is 10.2. The number of carbonyl (C=O) groups is 1. The molecule has 1 amide bonds. The van der Waals surface area contributed by atoms with Crippen LogP contribution in [-0.2, 0) is 20.0 Å². The molecule has 182 valence electrons. The Morgan fingerprint density at radius 2 is 1.40 bits per heavy atom. The van der Waals surface area contributed by atoms with Crippen LogP contribution in [0.5, 0.6) is 0 Å². The zero-order chi connectivity index (χ0) is 25.2. The highest BCUT2D eigenvalue weighted by Gasteiger charge is 2.21. The molecule has 10 nitrogen and oxygen atoms in total. The number of amides is 1. The van der Waals surface area contributed by atoms with E-state index in [1.54, 1.807) is 24.4 Å². The molecule has 0 aliphatic heterocycles. The van der Waals surface area contributed by atoms with Crippen molar-refractivity contribution in [2.45, 2.75) is 23.6 Å². The van der Waals surface area contributed by atoms with Gasteiger partial charge in [-0.25, -0.2) is 26.8 Å². The number of hydrogen-bond acceptors (Lipinski definition) is 9. The molecule has 3 N–H and O–H groups in total. The van der Waals surface area contributed by atoms with Crippen molar-refractivity contribution in [1.82, 2.24) is 9.97 Å². The summed E-state index contributed by atoms with van der Waals surface area (Å²) in [4.78, 5) is 21.1. The molecule has 14 heteroatoms. The van der Waals surface area contributed by atoms with Crippen LogP contribution in [-0.4, -0.2) is 32.7 Å². The SMILES string of the molecule is Cc1ccc(S(=O)(=O)Nc2nc(C)c(C(=O)Nc3ccc(S(=O)(=O)Nc4nccs4)cc3)s2)cc1. The van der Waals surface area contributed by atoms with Crippen LogP contribution < -0.4 is 14.8 Å². The number of nitrogens with zero attached hydrogens (tertiary/aromatic N) is 2. The zero-order valence-electron chi connectivity index (χ0n) is 18.3. The van der Waals surface area contributed by atoms with Gasteiger partial charge in [0, 0.05) is 17.3 Å². The van der Waals surface area contributed by atoms with Gasteiger partial charge in [-0.05, 0) is 50.2 Å². The molecule has 4 rings (SSSR count). The lowest BCUT2D eigenvalue weighted by molar-refractivity contribution is 0.102. The van der Waals surface area contributed by atoms with Gasteiger partial charge in [-0.15, -0.1) is 11.3 Å². The number of aryl methyl sites for hydroxylation is 2. The van der Waals surface area contributed by atoms with Crippen molar-refractivity contribution in [2.75, 3.05) is 14.8 Å². The summed E-state index contributed by atoms with van der Waals surface area (Å²) >= 11 is 2.05. The molecule has 0 aliphatic carbocycles. The topological polar surface area (TPSA) is 147 Å². The van der Waals surface area contributed by atoms with E-state index in [-0.39, 0.29) is 24.9 Å². The van der Waals surface area contributed by atoms with E-state index in [1.807, 2.05) is 6.92 Å². The Labute approximate surface area is 210 Å². The van der Waals surface area contributed by atoms with E-state index >= 15 is 0 Å². The number of carbonyl (C=O) groups excluding carboxylic acids is 1. The molecule has 0 unspecified atom stereocenters. The van der Waals surface area contributed by atoms with Crippen molar-refractivity contribution in [2.24, 2.45) is 0 Å². The molecule has 0 aliphatic rings. The third-order valence-electron chi connectivity index (χ3n) is 4.63. The number of aromatic nitrogens is 2. The van der Waals surface area contributed by atoms with Crippen LogP contribution in [0, 0.1) is 13.8 Å². The maximum atomic E-state index is 12.8. The predicted octanol–water partition coefficient (Wildman–Crippen LogP) is 4.07. The van der Waals surface area contributed by atoms with E-state index in [1.165, 1.54) is 42.6 Å². The summed E-state index contributed by atoms with van der Waals surface area (Å²) in [6.45, 7) is 3.44. The first kappa shape index (κ1) is 24.8. The van der Waals surface area contributed by atoms with Crippen molar-refractivity contribution in [1.29, 1.82) is 0 Å². The average molecular weight is 550 g/mol. The Bertz CT molecular complexity index is 1560. The molecule has 35 heavy (non-hydrogen) atoms. The van der Waals surface area contributed by atoms with Crippen LogP contribution in [0.15, 0.2) is 69.9 Å². The van der Waals surface area contributed by atoms with E-state index in [9.17, 15) is 21.6 Å². The Morgan fingerprint density at radius 3 is 1.97 bits per heavy atom. The Hall–Kier alpha value is -3.33. The van der Waals surface area contributed by atoms with Gasteiger partial charge < -0.3 is 5.32 Å². The van der Waals surface area contributed by atoms with E-state index in [0.717, 1.165) is 28.2 Å². The summed E-state index contributed by atoms with van der Waals surface area (Å²) in [7, 11) is -7.67. The molecule has 0 saturated carbocycles. The average Bonchev–Trinajstić information content (AvgIpc) is 3.43. The van der Waals surface area contributed by atoms with Crippen LogP contribution in [0.3, 0.4) is 0 Å². The van der Waals surface area contributed by atoms with Gasteiger partial charge in [0.15, 0.2) is 10.3 Å². The molecule has 2 heterocycles. The molecule has 0 radical (unpaired) electrons. The molecule has 0 saturated heterocycles. The zero-order valence-corrected chi connectivity index (χ0v) is 21.6. The number of benzene rings is 2. The molecule has 4 aromatic rings. The van der Waals surface area contributed by atoms with Gasteiger partial charge in [-0.1, -0.05) is 29.0 Å². The minimum Gasteiger partial charge on any atom is -0.321 e. The third-order valence-corrected chi connectivity index (χ3v) is 9.36. The number of thiazole rings is 2. The second-order valence-corrected chi connectivity index (χ2v) is 12.5. The molecular weight excluding hydrogens is 531 g/mol. The van der Waals surface area contributed by atoms with E-state index < -0.39 is 26.0 Å². The van der Waals surface area contributed by atoms with E-state index in [4.69, 9.17) is 0 Å². The molecule has 0 fully saturated rings. The quantitative estimate of drug-likeness (QED) is 0.300. The predicted molar refractivity (Wildman–Crippen MR) is 136 cm³/mol. The summed E-state index contributed by atoms with van der Waals surface area (Å²) in [5.74, 6) is -0.502. The monoisotopic (exact) mass is 549 g/mol. The summed E-state index contributed by atoms with van der Waals surface area (Å²) in [5, 5.41) is 4.62. The summed E-state index contributed by atoms with van der Waals surface area (Å²) in [6.07, 6.45) is 1.49. The van der Waals surface area contributed by atoms with Gasteiger partial charge in [-0.3, -0.25) is 14.2 Å². The smallest absolute Gasteiger partial charge is 0.267 e. The van der Waals surface area contributed by atoms with Gasteiger partial charge in [0.1, 0.15) is 4.88 Å². The Morgan fingerprint density at radius 1 is 0.829 bits per heavy atom. The molecular formula is C21H19N5O5S4. The summed E-state index contributed by atoms with van der Waals surface area (Å²) < 4.78 is 54.9. The van der Waals surface area contributed by atoms with E-state index in [2.05, 4.69) is 24.7 Å². The lowest BCUT2D eigenvalue weighted by Gasteiger charge is -2.07. The number of anilines is 3. The highest BCUT2D eigenvalue weighted by Crippen LogP contribution is 2.27. The van der Waals surface area contributed by atoms with Gasteiger partial charge in [0.05, 0.1) is 15.5 Å². The lowest BCUT2D eigenvalue weighted by Crippen LogP contribution is -2.14. The van der Waals surface area contributed by atoms with Crippen molar-refractivity contribution >= 4 is 64.6 Å². The number of nitrogens with one attached hydrogen (secondary N) is 3. The van der Waals surface area contributed by atoms with Crippen LogP contribution in [0.2, 0.25) is 0 Å². The first-order valence-electron chi connectivity index (χ1n) is 9.94. The summed E-state index contributed by atoms with van der Waals surface area (Å²) in [6, 6.07) is 12.0. The van der Waals surface area contributed by atoms with Crippen molar-refractivity contribution in [3.63, 3.8) is 0 Å². The maximum absolute atomic E-state index is 12.8. The highest BCUT2D eigenvalue weighted by atomic mass is 32.2. The molecule has 2 aromatic heterocycles. The van der Waals surface area contributed by atoms with Crippen molar-refractivity contribution in [3.8, 4) is 0 Å². The Kier molecular flexibility index (Phi) is 6.89. The van der Waals surface area contributed by atoms with Gasteiger partial charge in [0.25, 0.3) is 26.0 Å². The largest absolute Gasteiger partial charge is 0.321 e. The summed E-state index contributed by atoms with van der Waals surface area (Å²) in [5.41, 5.74) is 1.63. The fraction of sp³-hybridized carbons (Fsp3) is 0.0952. The highest BCUT2D eigenvalue weighted by molar-refractivity contribution is 7.93.